The van der Waals surface area contributed by atoms with Gasteiger partial charge in [-0.3, -0.25) is 24.2 Å². The van der Waals surface area contributed by atoms with Crippen LogP contribution in [0.5, 0.6) is 5.75 Å². The lowest BCUT2D eigenvalue weighted by atomic mass is 9.88. The highest BCUT2D eigenvalue weighted by Gasteiger charge is 2.54. The van der Waals surface area contributed by atoms with Gasteiger partial charge in [-0.15, -0.1) is 16.4 Å². The van der Waals surface area contributed by atoms with E-state index in [-0.39, 0.29) is 50.6 Å². The Bertz CT molecular complexity index is 2400. The number of aryl methyl sites for hydroxylation is 1. The minimum atomic E-state index is -4.30. The molecule has 16 nitrogen and oxygen atoms in total. The van der Waals surface area contributed by atoms with Crippen molar-refractivity contribution in [1.82, 2.24) is 20.2 Å². The number of fused-ring (bicyclic) bond motifs is 2. The first-order valence-electron chi connectivity index (χ1n) is 22.9. The zero-order chi connectivity index (χ0) is 48.8. The molecule has 6 rings (SSSR count). The van der Waals surface area contributed by atoms with Gasteiger partial charge in [0.2, 0.25) is 11.8 Å². The van der Waals surface area contributed by atoms with Crippen molar-refractivity contribution in [2.75, 3.05) is 46.6 Å². The number of benzene rings is 1. The first-order chi connectivity index (χ1) is 32.5. The summed E-state index contributed by atoms with van der Waals surface area (Å²) in [5.74, 6) is -1.36. The zero-order valence-corrected chi connectivity index (χ0v) is 40.5. The highest BCUT2D eigenvalue weighted by Crippen LogP contribution is 2.40. The summed E-state index contributed by atoms with van der Waals surface area (Å²) in [7, 11) is 6.27. The Morgan fingerprint density at radius 2 is 1.75 bits per heavy atom. The maximum Gasteiger partial charge on any atom is 0.737 e. The Kier molecular flexibility index (Phi) is 18.5. The van der Waals surface area contributed by atoms with Crippen molar-refractivity contribution >= 4 is 83.9 Å². The van der Waals surface area contributed by atoms with Crippen LogP contribution < -0.4 is 20.6 Å². The lowest BCUT2D eigenvalue weighted by Crippen LogP contribution is -2.51. The first-order valence-corrected chi connectivity index (χ1v) is 24.6. The number of nitrogens with one attached hydrogen (secondary N) is 2. The molecule has 1 unspecified atom stereocenters. The maximum absolute atomic E-state index is 16.9. The normalized spacial score (nSPS) is 15.9. The average Bonchev–Trinajstić information content (AvgIpc) is 4.10. The number of unbranched alkanes of at least 4 members (excludes halogenated alkanes) is 2. The Hall–Kier alpha value is -5.45. The van der Waals surface area contributed by atoms with Gasteiger partial charge in [-0.1, -0.05) is 24.3 Å². The Labute approximate surface area is 403 Å². The second-order valence-electron chi connectivity index (χ2n) is 17.9. The number of hydroxylamine groups is 2. The number of carbonyl (C=O) groups excluding carboxylic acids is 5. The summed E-state index contributed by atoms with van der Waals surface area (Å²) in [4.78, 5) is 67.3. The molecular weight excluding hydrogens is 921 g/mol. The monoisotopic (exact) mass is 980 g/mol. The van der Waals surface area contributed by atoms with Crippen molar-refractivity contribution in [2.45, 2.75) is 90.0 Å². The van der Waals surface area contributed by atoms with Crippen molar-refractivity contribution in [2.24, 2.45) is 0 Å². The molecule has 5 heterocycles. The SMILES string of the molecule is Cc1cc(/C=C/c2ccc(OCCCC(=O)NC(CCCC[N+](C)(C)C)C(=O)NCCCCC(=O)ON3C(=O)CCC3=O)cc2)n2c1C=C1C(CCCSOO[O-])=CC(c3cccs3)=[N+]1[B-]2(F)F. The summed E-state index contributed by atoms with van der Waals surface area (Å²) < 4.78 is 47.2. The molecule has 4 amide bonds. The predicted molar refractivity (Wildman–Crippen MR) is 254 cm³/mol. The van der Waals surface area contributed by atoms with E-state index in [2.05, 4.69) is 41.1 Å². The number of allylic oxidation sites excluding steroid dienone is 2. The molecule has 1 atom stereocenters. The third-order valence-corrected chi connectivity index (χ3v) is 13.1. The summed E-state index contributed by atoms with van der Waals surface area (Å²) >= 11 is 2.27. The van der Waals surface area contributed by atoms with Crippen LogP contribution in [0.25, 0.3) is 18.2 Å². The standard InChI is InChI=1S/C47H59BF2N6O10S2/c1-33-30-36(53-39(33)32-40-35(12-10-29-68-66-65-62)31-41(42-14-11-28-67-42)54(40)48(53,49)50)20-17-34-18-21-37(22-19-34)63-27-9-15-43(57)52-38(13-6-8-26-56(2,3)4)47(61)51-25-7-5-16-46(60)64-55-44(58)23-24-45(55)59/h11,14,17-22,28,30-32,38H,5-10,12-13,15-16,23-27,29H2,1-4H3,(H2-,51,52,57,61,62)/b20-17+. The van der Waals surface area contributed by atoms with Crippen LogP contribution in [0.15, 0.2) is 65.2 Å². The predicted octanol–water partition coefficient (Wildman–Crippen LogP) is 6.11. The number of nitrogens with zero attached hydrogens (tertiary/aromatic N) is 4. The summed E-state index contributed by atoms with van der Waals surface area (Å²) in [6.07, 6.45) is 11.6. The fourth-order valence-electron chi connectivity index (χ4n) is 8.16. The molecule has 3 aliphatic rings. The molecule has 21 heteroatoms. The van der Waals surface area contributed by atoms with Crippen molar-refractivity contribution in [3.63, 3.8) is 0 Å². The molecule has 366 valence electrons. The molecule has 1 saturated heterocycles. The van der Waals surface area contributed by atoms with Crippen molar-refractivity contribution in [3.05, 3.63) is 92.6 Å². The second kappa shape index (κ2) is 24.2. The lowest BCUT2D eigenvalue weighted by molar-refractivity contribution is -0.870. The van der Waals surface area contributed by atoms with Gasteiger partial charge >= 0.3 is 12.9 Å². The van der Waals surface area contributed by atoms with E-state index >= 15 is 8.63 Å². The largest absolute Gasteiger partial charge is 0.737 e. The van der Waals surface area contributed by atoms with Crippen LogP contribution in [0.3, 0.4) is 0 Å². The van der Waals surface area contributed by atoms with Gasteiger partial charge in [0.25, 0.3) is 11.8 Å². The summed E-state index contributed by atoms with van der Waals surface area (Å²) in [6, 6.07) is 11.9. The van der Waals surface area contributed by atoms with E-state index in [1.807, 2.05) is 48.7 Å². The molecule has 0 bridgehead atoms. The van der Waals surface area contributed by atoms with E-state index in [1.165, 1.54) is 11.3 Å². The fourth-order valence-corrected chi connectivity index (χ4v) is 9.27. The fraction of sp³-hybridized carbons (Fsp3) is 0.447. The van der Waals surface area contributed by atoms with Crippen LogP contribution in [0, 0.1) is 6.92 Å². The maximum atomic E-state index is 16.9. The van der Waals surface area contributed by atoms with Gasteiger partial charge in [0.05, 0.1) is 39.2 Å². The minimum absolute atomic E-state index is 0.0165. The van der Waals surface area contributed by atoms with Gasteiger partial charge < -0.3 is 47.5 Å². The molecule has 0 aliphatic carbocycles. The number of hydrogen-bond donors (Lipinski definition) is 2. The summed E-state index contributed by atoms with van der Waals surface area (Å²) in [5.41, 5.74) is 3.97. The number of imide groups is 1. The molecule has 1 fully saturated rings. The Morgan fingerprint density at radius 3 is 2.46 bits per heavy atom. The summed E-state index contributed by atoms with van der Waals surface area (Å²) in [5, 5.41) is 21.7. The van der Waals surface area contributed by atoms with Crippen molar-refractivity contribution < 1.29 is 65.8 Å². The van der Waals surface area contributed by atoms with Gasteiger partial charge in [-0.25, -0.2) is 4.79 Å². The minimum Gasteiger partial charge on any atom is -0.691 e. The van der Waals surface area contributed by atoms with Crippen molar-refractivity contribution in [3.8, 4) is 5.75 Å². The third kappa shape index (κ3) is 14.1. The Balaban J connectivity index is 0.988. The van der Waals surface area contributed by atoms with Gasteiger partial charge in [-0.05, 0) is 105 Å². The lowest BCUT2D eigenvalue weighted by Gasteiger charge is -2.31. The topological polar surface area (TPSA) is 181 Å². The van der Waals surface area contributed by atoms with E-state index in [1.54, 1.807) is 30.4 Å². The number of amides is 4. The number of carbonyl (C=O) groups is 5. The number of ether oxygens (including phenoxy) is 1. The van der Waals surface area contributed by atoms with Gasteiger partial charge in [-0.2, -0.15) is 4.33 Å². The van der Waals surface area contributed by atoms with Gasteiger partial charge in [0.1, 0.15) is 11.8 Å². The van der Waals surface area contributed by atoms with Crippen LogP contribution in [0.4, 0.5) is 8.63 Å². The molecule has 3 aliphatic heterocycles. The van der Waals surface area contributed by atoms with E-state index in [9.17, 15) is 29.2 Å². The molecule has 0 spiro atoms. The number of thiophene rings is 1. The second-order valence-corrected chi connectivity index (χ2v) is 19.6. The molecule has 68 heavy (non-hydrogen) atoms. The van der Waals surface area contributed by atoms with Crippen molar-refractivity contribution in [1.29, 1.82) is 0 Å². The molecule has 2 aromatic heterocycles. The van der Waals surface area contributed by atoms with Crippen LogP contribution in [0.2, 0.25) is 0 Å². The van der Waals surface area contributed by atoms with Crippen LogP contribution in [0.1, 0.15) is 104 Å². The van der Waals surface area contributed by atoms with Crippen LogP contribution >= 0.6 is 23.4 Å². The highest BCUT2D eigenvalue weighted by molar-refractivity contribution is 7.94. The molecule has 3 aromatic rings. The number of aromatic nitrogens is 1. The molecule has 2 N–H and O–H groups in total. The van der Waals surface area contributed by atoms with E-state index in [0.717, 1.165) is 60.9 Å². The van der Waals surface area contributed by atoms with Crippen LogP contribution in [-0.2, 0) is 38.2 Å². The van der Waals surface area contributed by atoms with Gasteiger partial charge in [0, 0.05) is 79.1 Å². The average molecular weight is 981 g/mol. The third-order valence-electron chi connectivity index (χ3n) is 11.6. The number of rotatable bonds is 27. The molecule has 0 saturated carbocycles. The number of hydrogen-bond acceptors (Lipinski definition) is 12. The number of quaternary nitrogens is 1. The quantitative estimate of drug-likeness (QED) is 0.0171. The van der Waals surface area contributed by atoms with E-state index in [4.69, 9.17) is 9.57 Å². The van der Waals surface area contributed by atoms with Gasteiger partial charge in [0.15, 0.2) is 11.4 Å². The number of halogens is 2. The van der Waals surface area contributed by atoms with E-state index in [0.29, 0.717) is 83.5 Å². The first kappa shape index (κ1) is 51.9. The molecular formula is C47H59BF2N6O10S2. The van der Waals surface area contributed by atoms with Crippen LogP contribution in [-0.4, -0.2) is 113 Å². The van der Waals surface area contributed by atoms with E-state index < -0.39 is 30.8 Å². The molecule has 0 radical (unpaired) electrons. The zero-order valence-electron chi connectivity index (χ0n) is 38.8. The Morgan fingerprint density at radius 1 is 0.985 bits per heavy atom. The smallest absolute Gasteiger partial charge is 0.691 e. The summed E-state index contributed by atoms with van der Waals surface area (Å²) in [6.45, 7) is -1.06. The highest BCUT2D eigenvalue weighted by atomic mass is 32.2. The molecule has 1 aromatic carbocycles.